The fourth-order valence-corrected chi connectivity index (χ4v) is 3.16. The molecule has 0 saturated carbocycles. The van der Waals surface area contributed by atoms with Gasteiger partial charge < -0.3 is 14.2 Å². The molecule has 0 spiro atoms. The van der Waals surface area contributed by atoms with Gasteiger partial charge in [-0.2, -0.15) is 14.9 Å². The molecule has 7 nitrogen and oxygen atoms in total. The van der Waals surface area contributed by atoms with E-state index in [4.69, 9.17) is 26.4 Å². The first kappa shape index (κ1) is 21.6. The first-order valence-corrected chi connectivity index (χ1v) is 9.82. The van der Waals surface area contributed by atoms with Crippen LogP contribution in [0.2, 0.25) is 0 Å². The standard InChI is InChI=1S/C22H26N4O3S/c1-22(2,3)15-9-7-14(8-10-15)20-24-25-21(30)26(20)23-13-17-18(28-5)11-16(27-4)12-19(17)29-6/h7-13H,1-6H3,(H,25,30)/b23-13+. The summed E-state index contributed by atoms with van der Waals surface area (Å²) in [6.45, 7) is 6.54. The van der Waals surface area contributed by atoms with E-state index in [-0.39, 0.29) is 5.41 Å². The quantitative estimate of drug-likeness (QED) is 0.452. The third-order valence-corrected chi connectivity index (χ3v) is 4.98. The number of aromatic amines is 1. The third kappa shape index (κ3) is 4.38. The number of hydrogen-bond donors (Lipinski definition) is 1. The number of nitrogens with zero attached hydrogens (tertiary/aromatic N) is 3. The van der Waals surface area contributed by atoms with E-state index in [0.717, 1.165) is 5.56 Å². The van der Waals surface area contributed by atoms with Crippen LogP contribution in [0, 0.1) is 4.77 Å². The van der Waals surface area contributed by atoms with Gasteiger partial charge in [0.25, 0.3) is 0 Å². The number of benzene rings is 2. The van der Waals surface area contributed by atoms with Crippen LogP contribution in [-0.2, 0) is 5.41 Å². The van der Waals surface area contributed by atoms with Crippen molar-refractivity contribution in [3.05, 3.63) is 52.3 Å². The maximum atomic E-state index is 5.48. The second-order valence-corrected chi connectivity index (χ2v) is 8.07. The smallest absolute Gasteiger partial charge is 0.216 e. The summed E-state index contributed by atoms with van der Waals surface area (Å²) in [4.78, 5) is 0. The highest BCUT2D eigenvalue weighted by Crippen LogP contribution is 2.33. The van der Waals surface area contributed by atoms with Gasteiger partial charge in [0.05, 0.1) is 33.1 Å². The summed E-state index contributed by atoms with van der Waals surface area (Å²) in [5.41, 5.74) is 2.88. The zero-order valence-corrected chi connectivity index (χ0v) is 18.8. The van der Waals surface area contributed by atoms with Crippen LogP contribution in [0.4, 0.5) is 0 Å². The van der Waals surface area contributed by atoms with Crippen LogP contribution < -0.4 is 14.2 Å². The predicted octanol–water partition coefficient (Wildman–Crippen LogP) is 4.81. The van der Waals surface area contributed by atoms with Crippen molar-refractivity contribution >= 4 is 18.4 Å². The maximum Gasteiger partial charge on any atom is 0.216 e. The van der Waals surface area contributed by atoms with E-state index in [1.165, 1.54) is 5.56 Å². The van der Waals surface area contributed by atoms with Gasteiger partial charge in [0.2, 0.25) is 4.77 Å². The van der Waals surface area contributed by atoms with Crippen LogP contribution in [0.25, 0.3) is 11.4 Å². The van der Waals surface area contributed by atoms with Gasteiger partial charge in [-0.05, 0) is 23.2 Å². The lowest BCUT2D eigenvalue weighted by Gasteiger charge is -2.18. The molecule has 158 valence electrons. The van der Waals surface area contributed by atoms with Crippen molar-refractivity contribution in [1.29, 1.82) is 0 Å². The normalized spacial score (nSPS) is 11.7. The molecule has 0 aliphatic carbocycles. The Labute approximate surface area is 181 Å². The molecule has 0 atom stereocenters. The Balaban J connectivity index is 2.03. The van der Waals surface area contributed by atoms with E-state index in [1.54, 1.807) is 44.4 Å². The van der Waals surface area contributed by atoms with Crippen LogP contribution in [0.1, 0.15) is 31.9 Å². The van der Waals surface area contributed by atoms with Crippen molar-refractivity contribution in [3.63, 3.8) is 0 Å². The number of methoxy groups -OCH3 is 3. The Bertz CT molecular complexity index is 1080. The summed E-state index contributed by atoms with van der Waals surface area (Å²) >= 11 is 5.38. The largest absolute Gasteiger partial charge is 0.496 e. The minimum Gasteiger partial charge on any atom is -0.496 e. The van der Waals surface area contributed by atoms with Gasteiger partial charge in [0.1, 0.15) is 17.2 Å². The van der Waals surface area contributed by atoms with Crippen molar-refractivity contribution < 1.29 is 14.2 Å². The molecule has 0 unspecified atom stereocenters. The number of H-pyrrole nitrogens is 1. The molecule has 1 N–H and O–H groups in total. The molecular formula is C22H26N4O3S. The topological polar surface area (TPSA) is 73.7 Å². The summed E-state index contributed by atoms with van der Waals surface area (Å²) in [5, 5.41) is 11.7. The molecule has 30 heavy (non-hydrogen) atoms. The first-order valence-electron chi connectivity index (χ1n) is 9.41. The predicted molar refractivity (Wildman–Crippen MR) is 121 cm³/mol. The van der Waals surface area contributed by atoms with Crippen molar-refractivity contribution in [2.45, 2.75) is 26.2 Å². The summed E-state index contributed by atoms with van der Waals surface area (Å²) in [6.07, 6.45) is 1.63. The molecule has 0 bridgehead atoms. The van der Waals surface area contributed by atoms with E-state index in [9.17, 15) is 0 Å². The van der Waals surface area contributed by atoms with Crippen LogP contribution in [0.5, 0.6) is 17.2 Å². The third-order valence-electron chi connectivity index (χ3n) is 4.72. The Morgan fingerprint density at radius 3 is 2.10 bits per heavy atom. The van der Waals surface area contributed by atoms with Crippen molar-refractivity contribution in [1.82, 2.24) is 14.9 Å². The van der Waals surface area contributed by atoms with Crippen molar-refractivity contribution in [2.75, 3.05) is 21.3 Å². The fraction of sp³-hybridized carbons (Fsp3) is 0.318. The molecule has 8 heteroatoms. The van der Waals surface area contributed by atoms with Gasteiger partial charge in [-0.3, -0.25) is 0 Å². The molecule has 3 aromatic rings. The molecule has 0 saturated heterocycles. The van der Waals surface area contributed by atoms with Gasteiger partial charge in [-0.25, -0.2) is 5.10 Å². The number of ether oxygens (including phenoxy) is 3. The highest BCUT2D eigenvalue weighted by molar-refractivity contribution is 7.71. The minimum atomic E-state index is 0.0723. The summed E-state index contributed by atoms with van der Waals surface area (Å²) < 4.78 is 18.2. The van der Waals surface area contributed by atoms with E-state index in [2.05, 4.69) is 48.2 Å². The van der Waals surface area contributed by atoms with E-state index >= 15 is 0 Å². The van der Waals surface area contributed by atoms with E-state index in [0.29, 0.717) is 33.4 Å². The molecule has 1 aromatic heterocycles. The molecule has 0 radical (unpaired) electrons. The fourth-order valence-electron chi connectivity index (χ4n) is 2.98. The molecule has 0 fully saturated rings. The highest BCUT2D eigenvalue weighted by atomic mass is 32.1. The molecular weight excluding hydrogens is 400 g/mol. The van der Waals surface area contributed by atoms with Gasteiger partial charge in [0, 0.05) is 17.7 Å². The second-order valence-electron chi connectivity index (χ2n) is 7.68. The number of rotatable bonds is 6. The molecule has 3 rings (SSSR count). The molecule has 1 heterocycles. The van der Waals surface area contributed by atoms with Gasteiger partial charge >= 0.3 is 0 Å². The van der Waals surface area contributed by atoms with Crippen molar-refractivity contribution in [2.24, 2.45) is 5.10 Å². The lowest BCUT2D eigenvalue weighted by molar-refractivity contribution is 0.374. The number of hydrogen-bond acceptors (Lipinski definition) is 6. The number of nitrogens with one attached hydrogen (secondary N) is 1. The Hall–Kier alpha value is -3.13. The average Bonchev–Trinajstić information content (AvgIpc) is 3.11. The number of aromatic nitrogens is 3. The SMILES string of the molecule is COc1cc(OC)c(/C=N/n2c(-c3ccc(C(C)(C)C)cc3)n[nH]c2=S)c(OC)c1. The van der Waals surface area contributed by atoms with Gasteiger partial charge in [0.15, 0.2) is 5.82 Å². The van der Waals surface area contributed by atoms with Gasteiger partial charge in [-0.15, -0.1) is 0 Å². The monoisotopic (exact) mass is 426 g/mol. The minimum absolute atomic E-state index is 0.0723. The second kappa shape index (κ2) is 8.71. The molecule has 2 aromatic carbocycles. The zero-order valence-electron chi connectivity index (χ0n) is 18.0. The summed E-state index contributed by atoms with van der Waals surface area (Å²) in [5.74, 6) is 2.38. The Kier molecular flexibility index (Phi) is 6.26. The lowest BCUT2D eigenvalue weighted by Crippen LogP contribution is -2.10. The summed E-state index contributed by atoms with van der Waals surface area (Å²) in [6, 6.07) is 11.8. The Morgan fingerprint density at radius 1 is 1.00 bits per heavy atom. The van der Waals surface area contributed by atoms with Crippen LogP contribution in [-0.4, -0.2) is 42.4 Å². The van der Waals surface area contributed by atoms with Crippen molar-refractivity contribution in [3.8, 4) is 28.6 Å². The van der Waals surface area contributed by atoms with Crippen LogP contribution >= 0.6 is 12.2 Å². The maximum absolute atomic E-state index is 5.48. The first-order chi connectivity index (χ1) is 14.3. The summed E-state index contributed by atoms with van der Waals surface area (Å²) in [7, 11) is 4.75. The lowest BCUT2D eigenvalue weighted by atomic mass is 9.87. The van der Waals surface area contributed by atoms with Crippen LogP contribution in [0.3, 0.4) is 0 Å². The van der Waals surface area contributed by atoms with E-state index in [1.807, 2.05) is 12.1 Å². The Morgan fingerprint density at radius 2 is 1.60 bits per heavy atom. The average molecular weight is 427 g/mol. The van der Waals surface area contributed by atoms with E-state index < -0.39 is 0 Å². The van der Waals surface area contributed by atoms with Crippen LogP contribution in [0.15, 0.2) is 41.5 Å². The molecule has 0 aliphatic rings. The molecule has 0 amide bonds. The van der Waals surface area contributed by atoms with Gasteiger partial charge in [-0.1, -0.05) is 45.0 Å². The molecule has 0 aliphatic heterocycles. The zero-order chi connectivity index (χ0) is 21.9. The highest BCUT2D eigenvalue weighted by Gasteiger charge is 2.16.